The van der Waals surface area contributed by atoms with Crippen LogP contribution in [-0.4, -0.2) is 34.8 Å². The Morgan fingerprint density at radius 1 is 1.03 bits per heavy atom. The highest BCUT2D eigenvalue weighted by molar-refractivity contribution is 5.92. The van der Waals surface area contributed by atoms with E-state index in [1.54, 1.807) is 6.92 Å². The van der Waals surface area contributed by atoms with E-state index in [9.17, 15) is 14.7 Å². The quantitative estimate of drug-likeness (QED) is 0.635. The van der Waals surface area contributed by atoms with E-state index in [4.69, 9.17) is 4.74 Å². The molecule has 0 atom stereocenters. The second-order valence-corrected chi connectivity index (χ2v) is 8.07. The molecule has 6 heteroatoms. The second kappa shape index (κ2) is 7.54. The highest BCUT2D eigenvalue weighted by Gasteiger charge is 2.37. The van der Waals surface area contributed by atoms with Crippen LogP contribution >= 0.6 is 0 Å². The van der Waals surface area contributed by atoms with Crippen molar-refractivity contribution in [2.24, 2.45) is 0 Å². The van der Waals surface area contributed by atoms with Gasteiger partial charge in [-0.3, -0.25) is 4.90 Å². The first-order valence-electron chi connectivity index (χ1n) is 10.4. The van der Waals surface area contributed by atoms with Crippen molar-refractivity contribution >= 4 is 17.9 Å². The smallest absolute Gasteiger partial charge is 0.415 e. The lowest BCUT2D eigenvalue weighted by Gasteiger charge is -2.23. The van der Waals surface area contributed by atoms with Gasteiger partial charge in [-0.1, -0.05) is 48.5 Å². The van der Waals surface area contributed by atoms with Gasteiger partial charge in [0.2, 0.25) is 0 Å². The van der Waals surface area contributed by atoms with Crippen LogP contribution in [0.2, 0.25) is 0 Å². The van der Waals surface area contributed by atoms with Gasteiger partial charge in [-0.05, 0) is 54.2 Å². The van der Waals surface area contributed by atoms with Crippen LogP contribution in [0.1, 0.15) is 45.9 Å². The first-order valence-corrected chi connectivity index (χ1v) is 10.4. The molecular formula is C25H22N2O4. The van der Waals surface area contributed by atoms with E-state index in [0.717, 1.165) is 24.0 Å². The van der Waals surface area contributed by atoms with Crippen LogP contribution in [-0.2, 0) is 4.74 Å². The molecule has 0 spiro atoms. The Morgan fingerprint density at radius 2 is 1.65 bits per heavy atom. The van der Waals surface area contributed by atoms with Crippen molar-refractivity contribution < 1.29 is 19.4 Å². The molecule has 5 rings (SSSR count). The molecule has 1 saturated carbocycles. The summed E-state index contributed by atoms with van der Waals surface area (Å²) in [5, 5.41) is 9.38. The summed E-state index contributed by atoms with van der Waals surface area (Å²) in [6, 6.07) is 19.3. The molecular weight excluding hydrogens is 392 g/mol. The van der Waals surface area contributed by atoms with Crippen molar-refractivity contribution in [2.45, 2.75) is 31.7 Å². The van der Waals surface area contributed by atoms with Crippen LogP contribution in [0.3, 0.4) is 0 Å². The van der Waals surface area contributed by atoms with E-state index in [0.29, 0.717) is 11.5 Å². The first kappa shape index (κ1) is 19.3. The van der Waals surface area contributed by atoms with Gasteiger partial charge in [0.25, 0.3) is 0 Å². The van der Waals surface area contributed by atoms with Crippen molar-refractivity contribution in [3.63, 3.8) is 0 Å². The van der Waals surface area contributed by atoms with Gasteiger partial charge in [-0.2, -0.15) is 0 Å². The minimum absolute atomic E-state index is 0.00778. The third kappa shape index (κ3) is 3.54. The number of carbonyl (C=O) groups is 2. The molecule has 0 unspecified atom stereocenters. The Balaban J connectivity index is 1.41. The third-order valence-corrected chi connectivity index (χ3v) is 5.88. The number of carboxylic acid groups (broad SMARTS) is 1. The molecule has 1 aromatic heterocycles. The monoisotopic (exact) mass is 414 g/mol. The number of benzene rings is 2. The van der Waals surface area contributed by atoms with Gasteiger partial charge in [-0.15, -0.1) is 0 Å². The summed E-state index contributed by atoms with van der Waals surface area (Å²) in [5.74, 6) is -0.746. The van der Waals surface area contributed by atoms with Crippen LogP contribution in [0.4, 0.5) is 10.6 Å². The molecule has 31 heavy (non-hydrogen) atoms. The van der Waals surface area contributed by atoms with Gasteiger partial charge in [0.15, 0.2) is 0 Å². The number of amides is 1. The molecule has 0 bridgehead atoms. The number of aryl methyl sites for hydroxylation is 1. The summed E-state index contributed by atoms with van der Waals surface area (Å²) < 4.78 is 5.80. The van der Waals surface area contributed by atoms with Crippen molar-refractivity contribution in [3.8, 4) is 11.1 Å². The number of aromatic carboxylic acids is 1. The molecule has 1 amide bonds. The van der Waals surface area contributed by atoms with Crippen molar-refractivity contribution in [1.29, 1.82) is 0 Å². The summed E-state index contributed by atoms with van der Waals surface area (Å²) in [6.07, 6.45) is 1.21. The average molecular weight is 414 g/mol. The third-order valence-electron chi connectivity index (χ3n) is 5.88. The maximum absolute atomic E-state index is 13.1. The van der Waals surface area contributed by atoms with E-state index in [1.165, 1.54) is 28.2 Å². The van der Waals surface area contributed by atoms with Gasteiger partial charge >= 0.3 is 12.1 Å². The molecule has 156 valence electrons. The molecule has 0 aliphatic heterocycles. The van der Waals surface area contributed by atoms with Gasteiger partial charge < -0.3 is 9.84 Å². The average Bonchev–Trinajstić information content (AvgIpc) is 3.54. The molecule has 0 saturated heterocycles. The molecule has 1 fully saturated rings. The van der Waals surface area contributed by atoms with E-state index in [-0.39, 0.29) is 24.1 Å². The molecule has 1 N–H and O–H groups in total. The van der Waals surface area contributed by atoms with E-state index in [1.807, 2.05) is 24.3 Å². The largest absolute Gasteiger partial charge is 0.478 e. The predicted octanol–water partition coefficient (Wildman–Crippen LogP) is 5.01. The molecule has 1 heterocycles. The number of ether oxygens (including phenoxy) is 1. The zero-order valence-corrected chi connectivity index (χ0v) is 17.1. The zero-order valence-electron chi connectivity index (χ0n) is 17.1. The minimum atomic E-state index is -1.05. The molecule has 6 nitrogen and oxygen atoms in total. The second-order valence-electron chi connectivity index (χ2n) is 8.07. The van der Waals surface area contributed by atoms with Crippen LogP contribution < -0.4 is 4.90 Å². The SMILES string of the molecule is Cc1cc(C(=O)O)cc(N(C(=O)OCC2c3ccccc3-c3ccccc32)C2CC2)n1. The standard InChI is InChI=1S/C25H22N2O4/c1-15-12-16(24(28)29)13-23(26-15)27(17-10-11-17)25(30)31-14-22-20-8-4-2-6-18(20)19-7-3-5-9-21(19)22/h2-9,12-13,17,22H,10-11,14H2,1H3,(H,28,29). The van der Waals surface area contributed by atoms with Gasteiger partial charge in [0.05, 0.1) is 5.56 Å². The van der Waals surface area contributed by atoms with Crippen LogP contribution in [0.5, 0.6) is 0 Å². The molecule has 0 radical (unpaired) electrons. The van der Waals surface area contributed by atoms with Crippen LogP contribution in [0, 0.1) is 6.92 Å². The number of carbonyl (C=O) groups excluding carboxylic acids is 1. The van der Waals surface area contributed by atoms with Crippen molar-refractivity contribution in [1.82, 2.24) is 4.98 Å². The minimum Gasteiger partial charge on any atom is -0.478 e. The van der Waals surface area contributed by atoms with Crippen LogP contribution in [0.25, 0.3) is 11.1 Å². The van der Waals surface area contributed by atoms with Gasteiger partial charge in [-0.25, -0.2) is 14.6 Å². The number of nitrogens with zero attached hydrogens (tertiary/aromatic N) is 2. The molecule has 2 aliphatic carbocycles. The lowest BCUT2D eigenvalue weighted by molar-refractivity contribution is 0.0696. The Hall–Kier alpha value is -3.67. The predicted molar refractivity (Wildman–Crippen MR) is 117 cm³/mol. The maximum atomic E-state index is 13.1. The zero-order chi connectivity index (χ0) is 21.5. The first-order chi connectivity index (χ1) is 15.0. The van der Waals surface area contributed by atoms with Crippen molar-refractivity contribution in [2.75, 3.05) is 11.5 Å². The number of pyridine rings is 1. The number of carboxylic acids is 1. The van der Waals surface area contributed by atoms with E-state index in [2.05, 4.69) is 29.2 Å². The Labute approximate surface area is 180 Å². The lowest BCUT2D eigenvalue weighted by atomic mass is 9.98. The number of hydrogen-bond acceptors (Lipinski definition) is 4. The normalized spacial score (nSPS) is 14.6. The van der Waals surface area contributed by atoms with Gasteiger partial charge in [0, 0.05) is 17.7 Å². The number of anilines is 1. The van der Waals surface area contributed by atoms with Gasteiger partial charge in [0.1, 0.15) is 12.4 Å². The summed E-state index contributed by atoms with van der Waals surface area (Å²) in [4.78, 5) is 30.5. The van der Waals surface area contributed by atoms with Crippen molar-refractivity contribution in [3.05, 3.63) is 83.0 Å². The Morgan fingerprint density at radius 3 is 2.23 bits per heavy atom. The highest BCUT2D eigenvalue weighted by Crippen LogP contribution is 2.44. The number of hydrogen-bond donors (Lipinski definition) is 1. The summed E-state index contributed by atoms with van der Waals surface area (Å²) in [7, 11) is 0. The summed E-state index contributed by atoms with van der Waals surface area (Å²) in [5.41, 5.74) is 5.30. The fourth-order valence-electron chi connectivity index (χ4n) is 4.32. The molecule has 3 aromatic rings. The van der Waals surface area contributed by atoms with E-state index < -0.39 is 12.1 Å². The van der Waals surface area contributed by atoms with Crippen LogP contribution in [0.15, 0.2) is 60.7 Å². The summed E-state index contributed by atoms with van der Waals surface area (Å²) >= 11 is 0. The number of fused-ring (bicyclic) bond motifs is 3. The highest BCUT2D eigenvalue weighted by atomic mass is 16.6. The maximum Gasteiger partial charge on any atom is 0.415 e. The summed E-state index contributed by atoms with van der Waals surface area (Å²) in [6.45, 7) is 1.94. The lowest BCUT2D eigenvalue weighted by Crippen LogP contribution is -2.35. The fraction of sp³-hybridized carbons (Fsp3) is 0.240. The fourth-order valence-corrected chi connectivity index (χ4v) is 4.32. The Bertz CT molecular complexity index is 1140. The topological polar surface area (TPSA) is 79.7 Å². The van der Waals surface area contributed by atoms with E-state index >= 15 is 0 Å². The molecule has 2 aromatic carbocycles. The number of aromatic nitrogens is 1. The molecule has 2 aliphatic rings. The number of rotatable bonds is 5. The Kier molecular flexibility index (Phi) is 4.70.